The maximum Gasteiger partial charge on any atom is 0.262 e. The zero-order valence-corrected chi connectivity index (χ0v) is 24.3. The summed E-state index contributed by atoms with van der Waals surface area (Å²) in [6, 6.07) is 7.57. The molecule has 3 aliphatic rings. The fourth-order valence-electron chi connectivity index (χ4n) is 5.96. The fraction of sp³-hybridized carbons (Fsp3) is 0.414. The van der Waals surface area contributed by atoms with Crippen LogP contribution in [0.15, 0.2) is 67.7 Å². The number of rotatable bonds is 6. The number of benzene rings is 1. The third kappa shape index (κ3) is 5.20. The number of nitrogens with two attached hydrogens (primary N) is 1. The molecule has 0 amide bonds. The molecule has 41 heavy (non-hydrogen) atoms. The third-order valence-corrected chi connectivity index (χ3v) is 9.97. The third-order valence-electron chi connectivity index (χ3n) is 8.46. The molecule has 2 N–H and O–H groups in total. The number of aromatic nitrogens is 3. The van der Waals surface area contributed by atoms with Gasteiger partial charge in [-0.3, -0.25) is 19.3 Å². The zero-order valence-electron chi connectivity index (χ0n) is 22.7. The first-order valence-corrected chi connectivity index (χ1v) is 14.7. The van der Waals surface area contributed by atoms with Gasteiger partial charge >= 0.3 is 0 Å². The molecule has 1 atom stereocenters. The Morgan fingerprint density at radius 1 is 1.32 bits per heavy atom. The van der Waals surface area contributed by atoms with Gasteiger partial charge in [0.2, 0.25) is 0 Å². The molecule has 1 aromatic carbocycles. The van der Waals surface area contributed by atoms with Gasteiger partial charge in [-0.2, -0.15) is 0 Å². The Morgan fingerprint density at radius 2 is 2.10 bits per heavy atom. The minimum absolute atomic E-state index is 0.00907. The first-order chi connectivity index (χ1) is 19.7. The van der Waals surface area contributed by atoms with Gasteiger partial charge < -0.3 is 15.4 Å². The average Bonchev–Trinajstić information content (AvgIpc) is 3.23. The summed E-state index contributed by atoms with van der Waals surface area (Å²) < 4.78 is 20.8. The Kier molecular flexibility index (Phi) is 7.48. The van der Waals surface area contributed by atoms with Crippen molar-refractivity contribution in [3.8, 4) is 0 Å². The van der Waals surface area contributed by atoms with E-state index in [0.29, 0.717) is 15.4 Å². The normalized spacial score (nSPS) is 21.7. The molecule has 2 aliphatic heterocycles. The first kappa shape index (κ1) is 28.0. The topological polar surface area (TPSA) is 111 Å². The van der Waals surface area contributed by atoms with Crippen molar-refractivity contribution in [2.24, 2.45) is 21.1 Å². The molecule has 2 aromatic heterocycles. The minimum atomic E-state index is -1.57. The summed E-state index contributed by atoms with van der Waals surface area (Å²) in [5, 5.41) is 0.991. The largest absolute Gasteiger partial charge is 0.374 e. The van der Waals surface area contributed by atoms with Crippen LogP contribution in [0.2, 0.25) is 5.02 Å². The molecule has 12 heteroatoms. The molecule has 0 bridgehead atoms. The number of ether oxygens (including phenoxy) is 1. The van der Waals surface area contributed by atoms with Gasteiger partial charge in [-0.25, -0.2) is 14.4 Å². The van der Waals surface area contributed by atoms with Gasteiger partial charge in [0.15, 0.2) is 5.67 Å². The van der Waals surface area contributed by atoms with Crippen molar-refractivity contribution in [3.63, 3.8) is 0 Å². The van der Waals surface area contributed by atoms with Crippen LogP contribution in [0.3, 0.4) is 0 Å². The molecule has 214 valence electrons. The monoisotopic (exact) mass is 595 g/mol. The predicted molar refractivity (Wildman–Crippen MR) is 160 cm³/mol. The van der Waals surface area contributed by atoms with Crippen molar-refractivity contribution in [2.75, 3.05) is 26.3 Å². The van der Waals surface area contributed by atoms with E-state index in [4.69, 9.17) is 22.1 Å². The summed E-state index contributed by atoms with van der Waals surface area (Å²) >= 11 is 7.94. The standard InChI is InChI=1S/C29H31ClFN7O2S/c1-18(37-10-7-28(8-11-37)12-21-19(26(28)32)4-3-9-34-21)35-13-23(33-2)41-22-6-5-20-24(25(22)30)27(39)38(17-36-20)14-29(31)15-40-16-29/h3-6,9,13,17,26H,2,7-8,10-12,14-16,32H2,1H3/b23-13+,35-18?/t26-/m1/s1. The molecular weight excluding hydrogens is 565 g/mol. The number of nitrogens with zero attached hydrogens (tertiary/aromatic N) is 6. The predicted octanol–water partition coefficient (Wildman–Crippen LogP) is 4.53. The minimum Gasteiger partial charge on any atom is -0.374 e. The van der Waals surface area contributed by atoms with Crippen LogP contribution in [-0.4, -0.2) is 64.0 Å². The molecule has 9 nitrogen and oxygen atoms in total. The number of fused-ring (bicyclic) bond motifs is 2. The van der Waals surface area contributed by atoms with Gasteiger partial charge in [-0.05, 0) is 62.1 Å². The van der Waals surface area contributed by atoms with Gasteiger partial charge in [-0.1, -0.05) is 29.4 Å². The summed E-state index contributed by atoms with van der Waals surface area (Å²) in [5.74, 6) is 0.876. The molecule has 1 aliphatic carbocycles. The number of alkyl halides is 1. The summed E-state index contributed by atoms with van der Waals surface area (Å²) in [5.41, 5.74) is 7.50. The number of amidine groups is 1. The van der Waals surface area contributed by atoms with E-state index in [1.54, 1.807) is 18.3 Å². The molecule has 6 rings (SSSR count). The van der Waals surface area contributed by atoms with E-state index in [9.17, 15) is 9.18 Å². The molecule has 4 heterocycles. The van der Waals surface area contributed by atoms with Crippen LogP contribution in [0, 0.1) is 5.41 Å². The van der Waals surface area contributed by atoms with Crippen LogP contribution < -0.4 is 11.3 Å². The summed E-state index contributed by atoms with van der Waals surface area (Å²) in [6.45, 7) is 7.16. The van der Waals surface area contributed by atoms with Gasteiger partial charge in [-0.15, -0.1) is 0 Å². The summed E-state index contributed by atoms with van der Waals surface area (Å²) in [4.78, 5) is 33.7. The van der Waals surface area contributed by atoms with Gasteiger partial charge in [0.05, 0.1) is 48.2 Å². The molecule has 2 saturated heterocycles. The maximum atomic E-state index is 14.6. The molecule has 1 spiro atoms. The second-order valence-electron chi connectivity index (χ2n) is 11.0. The lowest BCUT2D eigenvalue weighted by atomic mass is 9.73. The van der Waals surface area contributed by atoms with E-state index in [1.807, 2.05) is 19.2 Å². The van der Waals surface area contributed by atoms with Crippen molar-refractivity contribution < 1.29 is 9.13 Å². The lowest BCUT2D eigenvalue weighted by molar-refractivity contribution is -0.137. The number of thioether (sulfide) groups is 1. The van der Waals surface area contributed by atoms with E-state index in [1.165, 1.54) is 28.2 Å². The number of pyridine rings is 1. The fourth-order valence-corrected chi connectivity index (χ4v) is 7.04. The van der Waals surface area contributed by atoms with Crippen LogP contribution in [0.1, 0.15) is 37.1 Å². The number of halogens is 2. The Balaban J connectivity index is 1.16. The smallest absolute Gasteiger partial charge is 0.262 e. The maximum absolute atomic E-state index is 14.6. The van der Waals surface area contributed by atoms with Crippen LogP contribution in [0.4, 0.5) is 4.39 Å². The summed E-state index contributed by atoms with van der Waals surface area (Å²) in [6.07, 6.45) is 7.71. The highest BCUT2D eigenvalue weighted by Crippen LogP contribution is 2.50. The van der Waals surface area contributed by atoms with Gasteiger partial charge in [0.1, 0.15) is 10.9 Å². The quantitative estimate of drug-likeness (QED) is 0.253. The highest BCUT2D eigenvalue weighted by atomic mass is 35.5. The number of hydrogen-bond acceptors (Lipinski definition) is 8. The van der Waals surface area contributed by atoms with E-state index in [0.717, 1.165) is 43.9 Å². The number of aliphatic imine (C=N–C) groups is 2. The van der Waals surface area contributed by atoms with Crippen LogP contribution in [0.25, 0.3) is 10.9 Å². The zero-order chi connectivity index (χ0) is 28.8. The van der Waals surface area contributed by atoms with Gasteiger partial charge in [0, 0.05) is 35.9 Å². The molecule has 0 unspecified atom stereocenters. The molecule has 0 radical (unpaired) electrons. The molecule has 2 fully saturated rings. The average molecular weight is 596 g/mol. The lowest BCUT2D eigenvalue weighted by Crippen LogP contribution is -2.50. The Morgan fingerprint density at radius 3 is 2.78 bits per heavy atom. The van der Waals surface area contributed by atoms with E-state index in [2.05, 4.69) is 37.6 Å². The van der Waals surface area contributed by atoms with E-state index in [-0.39, 0.29) is 41.6 Å². The van der Waals surface area contributed by atoms with Crippen molar-refractivity contribution in [1.82, 2.24) is 19.4 Å². The van der Waals surface area contributed by atoms with E-state index < -0.39 is 11.2 Å². The van der Waals surface area contributed by atoms with Crippen molar-refractivity contribution in [3.05, 3.63) is 74.7 Å². The van der Waals surface area contributed by atoms with Gasteiger partial charge in [0.25, 0.3) is 5.56 Å². The van der Waals surface area contributed by atoms with Crippen molar-refractivity contribution in [1.29, 1.82) is 0 Å². The molecular formula is C29H31ClFN7O2S. The Bertz CT molecular complexity index is 1630. The Hall–Kier alpha value is -3.12. The number of piperidine rings is 1. The number of likely N-dealkylation sites (tertiary alicyclic amines) is 1. The first-order valence-electron chi connectivity index (χ1n) is 13.5. The highest BCUT2D eigenvalue weighted by Gasteiger charge is 2.46. The van der Waals surface area contributed by atoms with Crippen LogP contribution in [0.5, 0.6) is 0 Å². The lowest BCUT2D eigenvalue weighted by Gasteiger charge is -2.42. The second kappa shape index (κ2) is 10.9. The van der Waals surface area contributed by atoms with Crippen LogP contribution in [-0.2, 0) is 17.7 Å². The summed E-state index contributed by atoms with van der Waals surface area (Å²) in [7, 11) is 0. The van der Waals surface area contributed by atoms with Crippen molar-refractivity contribution in [2.45, 2.75) is 49.3 Å². The number of hydrogen-bond donors (Lipinski definition) is 1. The molecule has 0 saturated carbocycles. The Labute approximate surface area is 246 Å². The highest BCUT2D eigenvalue weighted by molar-refractivity contribution is 8.03. The second-order valence-corrected chi connectivity index (χ2v) is 12.5. The van der Waals surface area contributed by atoms with E-state index >= 15 is 0 Å². The molecule has 3 aromatic rings. The van der Waals surface area contributed by atoms with Crippen molar-refractivity contribution >= 4 is 46.8 Å². The SMILES string of the molecule is C=N/C(=C\N=C(C)N1CCC2(CC1)Cc1ncccc1[C@H]2N)Sc1ccc2ncn(CC3(F)COC3)c(=O)c2c1Cl. The van der Waals surface area contributed by atoms with Crippen LogP contribution >= 0.6 is 23.4 Å².